The third-order valence-electron chi connectivity index (χ3n) is 5.50. The van der Waals surface area contributed by atoms with Crippen LogP contribution in [0.5, 0.6) is 0 Å². The van der Waals surface area contributed by atoms with Gasteiger partial charge in [-0.05, 0) is 38.2 Å². The van der Waals surface area contributed by atoms with E-state index >= 15 is 0 Å². The number of ketones is 2. The summed E-state index contributed by atoms with van der Waals surface area (Å²) in [5, 5.41) is 2.59. The molecule has 0 bridgehead atoms. The number of rotatable bonds is 16. The maximum atomic E-state index is 13.0. The first-order chi connectivity index (χ1) is 17.5. The molecule has 0 aliphatic carbocycles. The summed E-state index contributed by atoms with van der Waals surface area (Å²) in [7, 11) is 1.27. The van der Waals surface area contributed by atoms with Gasteiger partial charge in [-0.2, -0.15) is 0 Å². The van der Waals surface area contributed by atoms with Crippen molar-refractivity contribution < 1.29 is 33.4 Å². The Morgan fingerprint density at radius 2 is 1.86 bits per heavy atom. The van der Waals surface area contributed by atoms with Gasteiger partial charge in [0.25, 0.3) is 5.56 Å². The van der Waals surface area contributed by atoms with E-state index in [1.165, 1.54) is 36.9 Å². The summed E-state index contributed by atoms with van der Waals surface area (Å²) in [4.78, 5) is 73.6. The van der Waals surface area contributed by atoms with Gasteiger partial charge < -0.3 is 19.4 Å². The molecule has 10 nitrogen and oxygen atoms in total. The molecule has 204 valence electrons. The van der Waals surface area contributed by atoms with Crippen LogP contribution in [0.1, 0.15) is 58.9 Å². The fraction of sp³-hybridized carbons (Fsp3) is 0.556. The fourth-order valence-electron chi connectivity index (χ4n) is 3.88. The summed E-state index contributed by atoms with van der Waals surface area (Å²) in [6, 6.07) is 2.22. The minimum Gasteiger partial charge on any atom is -0.469 e. The van der Waals surface area contributed by atoms with Gasteiger partial charge in [-0.1, -0.05) is 26.0 Å². The normalized spacial score (nSPS) is 12.7. The Kier molecular flexibility index (Phi) is 13.8. The van der Waals surface area contributed by atoms with Crippen molar-refractivity contribution in [3.63, 3.8) is 0 Å². The molecule has 37 heavy (non-hydrogen) atoms. The molecule has 1 amide bonds. The first kappa shape index (κ1) is 31.5. The molecular weight excluding hydrogens is 480 g/mol. The highest BCUT2D eigenvalue weighted by atomic mass is 16.5. The van der Waals surface area contributed by atoms with Crippen LogP contribution in [0.3, 0.4) is 0 Å². The number of hydrogen-bond acceptors (Lipinski definition) is 8. The van der Waals surface area contributed by atoms with Gasteiger partial charge in [0.2, 0.25) is 5.91 Å². The zero-order valence-electron chi connectivity index (χ0n) is 22.3. The summed E-state index contributed by atoms with van der Waals surface area (Å²) >= 11 is 0. The van der Waals surface area contributed by atoms with Gasteiger partial charge >= 0.3 is 11.9 Å². The lowest BCUT2D eigenvalue weighted by molar-refractivity contribution is -0.147. The first-order valence-electron chi connectivity index (χ1n) is 12.4. The van der Waals surface area contributed by atoms with Crippen LogP contribution in [0, 0.1) is 11.8 Å². The fourth-order valence-corrected chi connectivity index (χ4v) is 3.88. The summed E-state index contributed by atoms with van der Waals surface area (Å²) in [6.07, 6.45) is 5.04. The number of amides is 1. The van der Waals surface area contributed by atoms with Crippen molar-refractivity contribution in [2.75, 3.05) is 13.7 Å². The van der Waals surface area contributed by atoms with Crippen LogP contribution in [0.25, 0.3) is 0 Å². The van der Waals surface area contributed by atoms with Crippen LogP contribution in [0.2, 0.25) is 0 Å². The number of esters is 2. The minimum atomic E-state index is -0.851. The van der Waals surface area contributed by atoms with E-state index < -0.39 is 35.4 Å². The van der Waals surface area contributed by atoms with Crippen molar-refractivity contribution in [2.45, 2.75) is 72.4 Å². The lowest BCUT2D eigenvalue weighted by Gasteiger charge is -2.17. The van der Waals surface area contributed by atoms with Crippen molar-refractivity contribution in [1.82, 2.24) is 9.88 Å². The molecule has 0 saturated heterocycles. The average Bonchev–Trinajstić information content (AvgIpc) is 2.82. The zero-order chi connectivity index (χ0) is 28.0. The Labute approximate surface area is 217 Å². The molecule has 2 atom stereocenters. The Hall–Kier alpha value is -3.56. The number of carbonyl (C=O) groups is 5. The van der Waals surface area contributed by atoms with Gasteiger partial charge in [0.15, 0.2) is 11.6 Å². The molecule has 0 aliphatic heterocycles. The molecule has 1 heterocycles. The second-order valence-corrected chi connectivity index (χ2v) is 9.19. The highest BCUT2D eigenvalue weighted by Gasteiger charge is 2.25. The number of carbonyl (C=O) groups excluding carboxylic acids is 5. The van der Waals surface area contributed by atoms with Gasteiger partial charge in [0, 0.05) is 37.6 Å². The molecule has 1 rings (SSSR count). The van der Waals surface area contributed by atoms with Crippen LogP contribution in [-0.4, -0.2) is 53.7 Å². The van der Waals surface area contributed by atoms with Crippen molar-refractivity contribution in [3.05, 3.63) is 46.4 Å². The number of nitrogens with zero attached hydrogens (tertiary/aromatic N) is 1. The number of allylic oxidation sites excluding steroid dienone is 1. The van der Waals surface area contributed by atoms with Gasteiger partial charge in [0.1, 0.15) is 0 Å². The number of pyridine rings is 1. The Morgan fingerprint density at radius 3 is 2.46 bits per heavy atom. The Balaban J connectivity index is 2.91. The molecule has 1 aromatic heterocycles. The minimum absolute atomic E-state index is 0.0512. The smallest absolute Gasteiger partial charge is 0.330 e. The molecule has 0 saturated carbocycles. The summed E-state index contributed by atoms with van der Waals surface area (Å²) in [5.41, 5.74) is -0.309. The Bertz CT molecular complexity index is 1040. The van der Waals surface area contributed by atoms with E-state index in [0.29, 0.717) is 12.8 Å². The van der Waals surface area contributed by atoms with Crippen molar-refractivity contribution in [3.8, 4) is 0 Å². The number of nitrogens with one attached hydrogen (secondary N) is 1. The predicted octanol–water partition coefficient (Wildman–Crippen LogP) is 2.16. The van der Waals surface area contributed by atoms with E-state index in [-0.39, 0.29) is 55.5 Å². The number of methoxy groups -OCH3 is 1. The third-order valence-corrected chi connectivity index (χ3v) is 5.50. The second-order valence-electron chi connectivity index (χ2n) is 9.19. The third kappa shape index (κ3) is 11.8. The maximum absolute atomic E-state index is 13.0. The largest absolute Gasteiger partial charge is 0.469 e. The molecule has 0 radical (unpaired) electrons. The van der Waals surface area contributed by atoms with Gasteiger partial charge in [0.05, 0.1) is 32.2 Å². The van der Waals surface area contributed by atoms with E-state index in [1.54, 1.807) is 19.1 Å². The zero-order valence-corrected chi connectivity index (χ0v) is 22.3. The highest BCUT2D eigenvalue weighted by molar-refractivity contribution is 5.90. The van der Waals surface area contributed by atoms with Crippen LogP contribution in [-0.2, 0) is 46.4 Å². The standard InChI is InChI=1S/C27H38N2O8/c1-6-37-25(33)12-8-7-11-23(28-19(4)30)24(32)16-20-10-9-13-29(26(20)34)17-22(31)15-21(14-18(2)3)27(35)36-5/h8-10,12-13,18,21,23H,6-7,11,14-17H2,1-5H3,(H,28,30)/b12-8+/t21-,23-/m0/s1. The number of aromatic nitrogens is 1. The van der Waals surface area contributed by atoms with E-state index in [4.69, 9.17) is 9.47 Å². The number of hydrogen-bond donors (Lipinski definition) is 1. The van der Waals surface area contributed by atoms with Gasteiger partial charge in [-0.25, -0.2) is 4.79 Å². The van der Waals surface area contributed by atoms with E-state index in [2.05, 4.69) is 5.32 Å². The number of ether oxygens (including phenoxy) is 2. The lowest BCUT2D eigenvalue weighted by atomic mass is 9.92. The molecule has 1 N–H and O–H groups in total. The lowest BCUT2D eigenvalue weighted by Crippen LogP contribution is -2.41. The quantitative estimate of drug-likeness (QED) is 0.260. The molecule has 0 spiro atoms. The van der Waals surface area contributed by atoms with Crippen molar-refractivity contribution in [1.29, 1.82) is 0 Å². The molecular formula is C27H38N2O8. The van der Waals surface area contributed by atoms with Crippen molar-refractivity contribution >= 4 is 29.4 Å². The van der Waals surface area contributed by atoms with Gasteiger partial charge in [-0.15, -0.1) is 0 Å². The molecule has 10 heteroatoms. The predicted molar refractivity (Wildman–Crippen MR) is 137 cm³/mol. The topological polar surface area (TPSA) is 138 Å². The highest BCUT2D eigenvalue weighted by Crippen LogP contribution is 2.18. The van der Waals surface area contributed by atoms with Gasteiger partial charge in [-0.3, -0.25) is 24.0 Å². The van der Waals surface area contributed by atoms with Crippen LogP contribution in [0.4, 0.5) is 0 Å². The summed E-state index contributed by atoms with van der Waals surface area (Å²) in [6.45, 7) is 6.88. The summed E-state index contributed by atoms with van der Waals surface area (Å²) in [5.74, 6) is -2.43. The number of Topliss-reactive ketones (excluding diaryl/α,β-unsaturated/α-hetero) is 2. The second kappa shape index (κ2) is 16.2. The first-order valence-corrected chi connectivity index (χ1v) is 12.4. The molecule has 0 fully saturated rings. The van der Waals surface area contributed by atoms with E-state index in [0.717, 1.165) is 0 Å². The molecule has 0 aromatic carbocycles. The van der Waals surface area contributed by atoms with Crippen LogP contribution < -0.4 is 10.9 Å². The van der Waals surface area contributed by atoms with Crippen LogP contribution in [0.15, 0.2) is 35.3 Å². The molecule has 1 aromatic rings. The van der Waals surface area contributed by atoms with Crippen molar-refractivity contribution in [2.24, 2.45) is 11.8 Å². The average molecular weight is 519 g/mol. The molecule has 0 aliphatic rings. The van der Waals surface area contributed by atoms with E-state index in [1.807, 2.05) is 13.8 Å². The summed E-state index contributed by atoms with van der Waals surface area (Å²) < 4.78 is 10.8. The SMILES string of the molecule is CCOC(=O)/C=C/CC[C@H](NC(C)=O)C(=O)Cc1cccn(CC(=O)C[C@H](CC(C)C)C(=O)OC)c1=O. The monoisotopic (exact) mass is 518 g/mol. The Morgan fingerprint density at radius 1 is 1.16 bits per heavy atom. The van der Waals surface area contributed by atoms with E-state index in [9.17, 15) is 28.8 Å². The van der Waals surface area contributed by atoms with Crippen LogP contribution >= 0.6 is 0 Å². The molecule has 0 unspecified atom stereocenters. The maximum Gasteiger partial charge on any atom is 0.330 e.